The standard InChI is InChI=1S/C28H28N4O4/c33-18-20-12-14-31(15-13-20)17-19-6-8-22(9-7-19)29-27(21-4-2-1-3-5-21)26-24-16-23(32(35)36)10-11-25(24)30-28(26)34/h1-11,16,20,29,33H,12-15,17-18H2,(H,30,34). The second kappa shape index (κ2) is 10.3. The molecule has 2 aliphatic heterocycles. The molecule has 0 atom stereocenters. The van der Waals surface area contributed by atoms with Gasteiger partial charge in [-0.2, -0.15) is 0 Å². The minimum absolute atomic E-state index is 0.0671. The number of hydrogen-bond donors (Lipinski definition) is 3. The molecule has 5 rings (SSSR count). The molecule has 0 radical (unpaired) electrons. The zero-order valence-electron chi connectivity index (χ0n) is 19.8. The van der Waals surface area contributed by atoms with E-state index in [1.54, 1.807) is 6.07 Å². The number of carbonyl (C=O) groups excluding carboxylic acids is 1. The molecule has 0 aromatic heterocycles. The highest BCUT2D eigenvalue weighted by Crippen LogP contribution is 2.39. The number of anilines is 2. The summed E-state index contributed by atoms with van der Waals surface area (Å²) in [6, 6.07) is 22.0. The van der Waals surface area contributed by atoms with Crippen LogP contribution >= 0.6 is 0 Å². The zero-order chi connectivity index (χ0) is 25.1. The highest BCUT2D eigenvalue weighted by Gasteiger charge is 2.30. The maximum absolute atomic E-state index is 13.0. The number of rotatable bonds is 7. The number of benzene rings is 3. The lowest BCUT2D eigenvalue weighted by Crippen LogP contribution is -2.34. The first kappa shape index (κ1) is 23.7. The van der Waals surface area contributed by atoms with Gasteiger partial charge in [-0.1, -0.05) is 42.5 Å². The highest BCUT2D eigenvalue weighted by molar-refractivity contribution is 6.37. The van der Waals surface area contributed by atoms with Crippen LogP contribution in [0.4, 0.5) is 17.1 Å². The monoisotopic (exact) mass is 484 g/mol. The van der Waals surface area contributed by atoms with Crippen molar-refractivity contribution in [1.82, 2.24) is 4.90 Å². The summed E-state index contributed by atoms with van der Waals surface area (Å²) in [7, 11) is 0. The number of amides is 1. The Morgan fingerprint density at radius 3 is 2.44 bits per heavy atom. The number of nitrogens with zero attached hydrogens (tertiary/aromatic N) is 2. The largest absolute Gasteiger partial charge is 0.396 e. The number of nitro groups is 1. The summed E-state index contributed by atoms with van der Waals surface area (Å²) in [5, 5.41) is 27.0. The fraction of sp³-hybridized carbons (Fsp3) is 0.250. The lowest BCUT2D eigenvalue weighted by Gasteiger charge is -2.31. The van der Waals surface area contributed by atoms with Gasteiger partial charge >= 0.3 is 0 Å². The molecule has 1 fully saturated rings. The molecule has 2 aliphatic rings. The van der Waals surface area contributed by atoms with Crippen LogP contribution in [0.1, 0.15) is 29.5 Å². The lowest BCUT2D eigenvalue weighted by atomic mass is 9.97. The summed E-state index contributed by atoms with van der Waals surface area (Å²) >= 11 is 0. The Labute approximate surface area is 209 Å². The molecule has 0 saturated carbocycles. The summed E-state index contributed by atoms with van der Waals surface area (Å²) in [6.45, 7) is 3.08. The van der Waals surface area contributed by atoms with Crippen LogP contribution in [0.2, 0.25) is 0 Å². The molecule has 8 nitrogen and oxygen atoms in total. The highest BCUT2D eigenvalue weighted by atomic mass is 16.6. The number of aliphatic hydroxyl groups excluding tert-OH is 1. The van der Waals surface area contributed by atoms with Gasteiger partial charge in [-0.25, -0.2) is 0 Å². The van der Waals surface area contributed by atoms with E-state index in [1.807, 2.05) is 42.5 Å². The van der Waals surface area contributed by atoms with E-state index in [1.165, 1.54) is 17.7 Å². The number of aliphatic hydroxyl groups is 1. The van der Waals surface area contributed by atoms with Crippen molar-refractivity contribution in [3.63, 3.8) is 0 Å². The number of nitrogens with one attached hydrogen (secondary N) is 2. The van der Waals surface area contributed by atoms with Gasteiger partial charge in [0.2, 0.25) is 0 Å². The minimum Gasteiger partial charge on any atom is -0.396 e. The minimum atomic E-state index is -0.457. The van der Waals surface area contributed by atoms with Crippen LogP contribution in [0.25, 0.3) is 11.3 Å². The van der Waals surface area contributed by atoms with Gasteiger partial charge < -0.3 is 15.7 Å². The third-order valence-corrected chi connectivity index (χ3v) is 6.87. The van der Waals surface area contributed by atoms with Crippen LogP contribution in [-0.4, -0.2) is 40.5 Å². The van der Waals surface area contributed by atoms with E-state index in [2.05, 4.69) is 27.7 Å². The van der Waals surface area contributed by atoms with Crippen molar-refractivity contribution in [3.05, 3.63) is 99.6 Å². The molecule has 8 heteroatoms. The molecule has 3 aromatic carbocycles. The van der Waals surface area contributed by atoms with Gasteiger partial charge in [0.1, 0.15) is 0 Å². The van der Waals surface area contributed by atoms with Crippen molar-refractivity contribution in [1.29, 1.82) is 0 Å². The Morgan fingerprint density at radius 1 is 1.06 bits per heavy atom. The quantitative estimate of drug-likeness (QED) is 0.254. The van der Waals surface area contributed by atoms with Crippen molar-refractivity contribution >= 4 is 34.2 Å². The van der Waals surface area contributed by atoms with E-state index in [4.69, 9.17) is 0 Å². The molecular weight excluding hydrogens is 456 g/mol. The molecular formula is C28H28N4O4. The Balaban J connectivity index is 1.44. The van der Waals surface area contributed by atoms with E-state index in [-0.39, 0.29) is 18.2 Å². The molecule has 0 bridgehead atoms. The van der Waals surface area contributed by atoms with Gasteiger partial charge in [-0.05, 0) is 61.2 Å². The molecule has 0 spiro atoms. The summed E-state index contributed by atoms with van der Waals surface area (Å²) in [4.78, 5) is 26.4. The summed E-state index contributed by atoms with van der Waals surface area (Å²) in [5.41, 5.74) is 4.76. The Hall–Kier alpha value is -4.01. The third-order valence-electron chi connectivity index (χ3n) is 6.87. The van der Waals surface area contributed by atoms with Crippen LogP contribution in [0.15, 0.2) is 72.8 Å². The molecule has 3 aromatic rings. The topological polar surface area (TPSA) is 108 Å². The number of fused-ring (bicyclic) bond motifs is 1. The van der Waals surface area contributed by atoms with Crippen molar-refractivity contribution in [2.75, 3.05) is 30.3 Å². The number of nitro benzene ring substituents is 1. The average Bonchev–Trinajstić information content (AvgIpc) is 3.24. The SMILES string of the molecule is O=C1Nc2ccc([N+](=O)[O-])cc2C1=C(Nc1ccc(CN2CCC(CO)CC2)cc1)c1ccccc1. The summed E-state index contributed by atoms with van der Waals surface area (Å²) in [5.74, 6) is 0.108. The first-order chi connectivity index (χ1) is 17.5. The Morgan fingerprint density at radius 2 is 1.78 bits per heavy atom. The maximum atomic E-state index is 13.0. The van der Waals surface area contributed by atoms with E-state index < -0.39 is 4.92 Å². The molecule has 0 aliphatic carbocycles. The fourth-order valence-electron chi connectivity index (χ4n) is 4.82. The third kappa shape index (κ3) is 5.00. The zero-order valence-corrected chi connectivity index (χ0v) is 19.8. The van der Waals surface area contributed by atoms with Crippen molar-refractivity contribution in [2.45, 2.75) is 19.4 Å². The lowest BCUT2D eigenvalue weighted by molar-refractivity contribution is -0.384. The summed E-state index contributed by atoms with van der Waals surface area (Å²) in [6.07, 6.45) is 2.04. The first-order valence-corrected chi connectivity index (χ1v) is 12.1. The number of carbonyl (C=O) groups is 1. The van der Waals surface area contributed by atoms with Gasteiger partial charge in [0, 0.05) is 42.2 Å². The smallest absolute Gasteiger partial charge is 0.270 e. The molecule has 36 heavy (non-hydrogen) atoms. The van der Waals surface area contributed by atoms with Gasteiger partial charge in [0.15, 0.2) is 0 Å². The molecule has 1 saturated heterocycles. The van der Waals surface area contributed by atoms with Crippen molar-refractivity contribution < 1.29 is 14.8 Å². The predicted octanol–water partition coefficient (Wildman–Crippen LogP) is 4.73. The molecule has 0 unspecified atom stereocenters. The van der Waals surface area contributed by atoms with Gasteiger partial charge in [0.25, 0.3) is 11.6 Å². The van der Waals surface area contributed by atoms with Crippen LogP contribution in [0.5, 0.6) is 0 Å². The first-order valence-electron chi connectivity index (χ1n) is 12.1. The Kier molecular flexibility index (Phi) is 6.79. The van der Waals surface area contributed by atoms with E-state index in [0.29, 0.717) is 28.4 Å². The second-order valence-electron chi connectivity index (χ2n) is 9.28. The maximum Gasteiger partial charge on any atom is 0.270 e. The summed E-state index contributed by atoms with van der Waals surface area (Å²) < 4.78 is 0. The van der Waals surface area contributed by atoms with Crippen LogP contribution in [0, 0.1) is 16.0 Å². The van der Waals surface area contributed by atoms with Crippen LogP contribution < -0.4 is 10.6 Å². The number of non-ortho nitro benzene ring substituents is 1. The van der Waals surface area contributed by atoms with E-state index in [9.17, 15) is 20.0 Å². The fourth-order valence-corrected chi connectivity index (χ4v) is 4.82. The Bertz CT molecular complexity index is 1300. The van der Waals surface area contributed by atoms with Crippen LogP contribution in [0.3, 0.4) is 0 Å². The van der Waals surface area contributed by atoms with Gasteiger partial charge in [-0.3, -0.25) is 19.8 Å². The number of likely N-dealkylation sites (tertiary alicyclic amines) is 1. The van der Waals surface area contributed by atoms with Crippen molar-refractivity contribution in [2.24, 2.45) is 5.92 Å². The van der Waals surface area contributed by atoms with Gasteiger partial charge in [-0.15, -0.1) is 0 Å². The van der Waals surface area contributed by atoms with E-state index in [0.717, 1.165) is 43.7 Å². The van der Waals surface area contributed by atoms with Gasteiger partial charge in [0.05, 0.1) is 16.2 Å². The van der Waals surface area contributed by atoms with Crippen molar-refractivity contribution in [3.8, 4) is 0 Å². The average molecular weight is 485 g/mol. The molecule has 1 amide bonds. The van der Waals surface area contributed by atoms with E-state index >= 15 is 0 Å². The number of hydrogen-bond acceptors (Lipinski definition) is 6. The molecule has 184 valence electrons. The van der Waals surface area contributed by atoms with Crippen LogP contribution in [-0.2, 0) is 11.3 Å². The molecule has 3 N–H and O–H groups in total. The normalized spacial score (nSPS) is 17.4. The molecule has 2 heterocycles. The number of piperidine rings is 1. The second-order valence-corrected chi connectivity index (χ2v) is 9.28. The predicted molar refractivity (Wildman–Crippen MR) is 140 cm³/mol.